The second-order valence-electron chi connectivity index (χ2n) is 4.80. The molecule has 29 heavy (non-hydrogen) atoms. The van der Waals surface area contributed by atoms with E-state index < -0.39 is 31.4 Å². The molecule has 0 fully saturated rings. The zero-order valence-corrected chi connectivity index (χ0v) is 17.3. The third kappa shape index (κ3) is 6.13. The molecule has 14 heteroatoms. The molecule has 0 atom stereocenters. The summed E-state index contributed by atoms with van der Waals surface area (Å²) >= 11 is 22.1. The molecule has 0 spiro atoms. The zero-order valence-electron chi connectivity index (χ0n) is 13.5. The minimum Gasteiger partial charge on any atom is -0.506 e. The van der Waals surface area contributed by atoms with E-state index in [0.29, 0.717) is 12.6 Å². The maximum absolute atomic E-state index is 12.1. The Morgan fingerprint density at radius 3 is 1.72 bits per heavy atom. The molecular formula is C15H7Cl4F3O6S. The fourth-order valence-corrected chi connectivity index (χ4v) is 2.82. The Morgan fingerprint density at radius 2 is 1.28 bits per heavy atom. The first-order valence-electron chi connectivity index (χ1n) is 6.82. The van der Waals surface area contributed by atoms with Crippen LogP contribution in [0.15, 0.2) is 24.3 Å². The van der Waals surface area contributed by atoms with Gasteiger partial charge in [0.2, 0.25) is 0 Å². The van der Waals surface area contributed by atoms with E-state index in [0.717, 1.165) is 12.1 Å². The van der Waals surface area contributed by atoms with E-state index in [1.54, 1.807) is 0 Å². The van der Waals surface area contributed by atoms with Gasteiger partial charge in [-0.15, -0.1) is 0 Å². The topological polar surface area (TPSA) is 97.7 Å². The van der Waals surface area contributed by atoms with E-state index in [1.807, 2.05) is 0 Å². The molecule has 0 saturated carbocycles. The van der Waals surface area contributed by atoms with Gasteiger partial charge in [0.1, 0.15) is 15.8 Å². The van der Waals surface area contributed by atoms with Crippen molar-refractivity contribution in [2.75, 3.05) is 0 Å². The number of carbonyl (C=O) groups is 2. The first kappa shape index (κ1) is 25.3. The molecule has 0 aliphatic heterocycles. The number of halogens is 7. The van der Waals surface area contributed by atoms with Crippen LogP contribution in [0.1, 0.15) is 20.7 Å². The Balaban J connectivity index is 0.000000326. The van der Waals surface area contributed by atoms with Gasteiger partial charge in [-0.05, 0) is 24.3 Å². The van der Waals surface area contributed by atoms with Crippen molar-refractivity contribution < 1.29 is 40.5 Å². The predicted octanol–water partition coefficient (Wildman–Crippen LogP) is 5.55. The van der Waals surface area contributed by atoms with Gasteiger partial charge in [0.05, 0.1) is 10.0 Å². The van der Waals surface area contributed by atoms with E-state index >= 15 is 0 Å². The summed E-state index contributed by atoms with van der Waals surface area (Å²) in [5.41, 5.74) is -5.43. The van der Waals surface area contributed by atoms with Crippen LogP contribution in [0.3, 0.4) is 0 Å². The third-order valence-electron chi connectivity index (χ3n) is 2.91. The number of carbonyl (C=O) groups excluding carboxylic acids is 2. The summed E-state index contributed by atoms with van der Waals surface area (Å²) in [7, 11) is -5.84. The standard InChI is InChI=1S/C8H3Cl2F3O4S.C7H4Cl2O2/c9-6-4(3-14)1-2-5(7(6)10)17-18(15,16)8(11,12)13;8-6-4(3-10)1-2-5(11)7(6)9/h1-3H;1-3,11H. The quantitative estimate of drug-likeness (QED) is 0.327. The van der Waals surface area contributed by atoms with Crippen molar-refractivity contribution in [1.82, 2.24) is 0 Å². The van der Waals surface area contributed by atoms with E-state index in [9.17, 15) is 31.2 Å². The highest BCUT2D eigenvalue weighted by atomic mass is 35.5. The average molecular weight is 514 g/mol. The van der Waals surface area contributed by atoms with Crippen molar-refractivity contribution in [3.05, 3.63) is 55.5 Å². The van der Waals surface area contributed by atoms with Gasteiger partial charge < -0.3 is 9.29 Å². The van der Waals surface area contributed by atoms with Gasteiger partial charge in [0.25, 0.3) is 0 Å². The highest BCUT2D eigenvalue weighted by molar-refractivity contribution is 7.88. The number of rotatable bonds is 4. The van der Waals surface area contributed by atoms with Crippen LogP contribution in [-0.2, 0) is 10.1 Å². The smallest absolute Gasteiger partial charge is 0.506 e. The molecule has 1 N–H and O–H groups in total. The molecule has 2 aromatic carbocycles. The fourth-order valence-electron chi connectivity index (χ4n) is 1.51. The van der Waals surface area contributed by atoms with Gasteiger partial charge in [-0.1, -0.05) is 46.4 Å². The first-order valence-corrected chi connectivity index (χ1v) is 9.74. The van der Waals surface area contributed by atoms with Crippen LogP contribution in [0.25, 0.3) is 0 Å². The maximum Gasteiger partial charge on any atom is 0.534 e. The molecule has 0 radical (unpaired) electrons. The summed E-state index contributed by atoms with van der Waals surface area (Å²) in [4.78, 5) is 20.7. The Kier molecular flexibility index (Phi) is 8.60. The lowest BCUT2D eigenvalue weighted by atomic mass is 10.2. The summed E-state index contributed by atoms with van der Waals surface area (Å²) in [6.07, 6.45) is 0.879. The summed E-state index contributed by atoms with van der Waals surface area (Å²) in [5, 5.41) is 8.08. The lowest BCUT2D eigenvalue weighted by molar-refractivity contribution is -0.0500. The van der Waals surface area contributed by atoms with Gasteiger partial charge in [0, 0.05) is 11.1 Å². The normalized spacial score (nSPS) is 11.3. The van der Waals surface area contributed by atoms with Crippen molar-refractivity contribution >= 4 is 69.1 Å². The van der Waals surface area contributed by atoms with E-state index in [-0.39, 0.29) is 26.9 Å². The van der Waals surface area contributed by atoms with Crippen molar-refractivity contribution in [3.8, 4) is 11.5 Å². The van der Waals surface area contributed by atoms with Gasteiger partial charge >= 0.3 is 15.6 Å². The number of alkyl halides is 3. The van der Waals surface area contributed by atoms with Gasteiger partial charge in [-0.25, -0.2) is 0 Å². The molecule has 0 saturated heterocycles. The molecule has 0 bridgehead atoms. The number of hydrogen-bond acceptors (Lipinski definition) is 6. The van der Waals surface area contributed by atoms with Crippen molar-refractivity contribution in [3.63, 3.8) is 0 Å². The molecule has 0 aliphatic rings. The van der Waals surface area contributed by atoms with Gasteiger partial charge in [-0.2, -0.15) is 21.6 Å². The lowest BCUT2D eigenvalue weighted by Crippen LogP contribution is -2.28. The Hall–Kier alpha value is -1.72. The highest BCUT2D eigenvalue weighted by Gasteiger charge is 2.48. The second kappa shape index (κ2) is 9.86. The summed E-state index contributed by atoms with van der Waals surface area (Å²) in [6.45, 7) is 0. The Labute approximate surface area is 181 Å². The summed E-state index contributed by atoms with van der Waals surface area (Å²) in [5.74, 6) is -0.938. The molecule has 158 valence electrons. The second-order valence-corrected chi connectivity index (χ2v) is 7.85. The van der Waals surface area contributed by atoms with Crippen molar-refractivity contribution in [2.24, 2.45) is 0 Å². The van der Waals surface area contributed by atoms with E-state index in [4.69, 9.17) is 51.5 Å². The first-order chi connectivity index (χ1) is 13.3. The number of aromatic hydroxyl groups is 1. The predicted molar refractivity (Wildman–Crippen MR) is 101 cm³/mol. The molecule has 0 unspecified atom stereocenters. The van der Waals surface area contributed by atoms with Crippen LogP contribution in [0.5, 0.6) is 11.5 Å². The monoisotopic (exact) mass is 512 g/mol. The number of aldehydes is 2. The average Bonchev–Trinajstić information content (AvgIpc) is 2.63. The summed E-state index contributed by atoms with van der Waals surface area (Å²) < 4.78 is 61.4. The van der Waals surface area contributed by atoms with Crippen molar-refractivity contribution in [2.45, 2.75) is 5.51 Å². The fraction of sp³-hybridized carbons (Fsp3) is 0.0667. The molecule has 0 heterocycles. The van der Waals surface area contributed by atoms with Crippen molar-refractivity contribution in [1.29, 1.82) is 0 Å². The molecule has 0 aromatic heterocycles. The number of phenolic OH excluding ortho intramolecular Hbond substituents is 1. The number of phenols is 1. The van der Waals surface area contributed by atoms with Gasteiger partial charge in [-0.3, -0.25) is 9.59 Å². The Morgan fingerprint density at radius 1 is 0.828 bits per heavy atom. The van der Waals surface area contributed by atoms with Crippen LogP contribution < -0.4 is 4.18 Å². The lowest BCUT2D eigenvalue weighted by Gasteiger charge is -2.11. The van der Waals surface area contributed by atoms with E-state index in [2.05, 4.69) is 4.18 Å². The van der Waals surface area contributed by atoms with Gasteiger partial charge in [0.15, 0.2) is 18.3 Å². The minimum atomic E-state index is -5.84. The molecule has 6 nitrogen and oxygen atoms in total. The number of hydrogen-bond donors (Lipinski definition) is 1. The zero-order chi connectivity index (χ0) is 22.6. The molecular weight excluding hydrogens is 507 g/mol. The van der Waals surface area contributed by atoms with Crippen LogP contribution >= 0.6 is 46.4 Å². The SMILES string of the molecule is O=Cc1ccc(O)c(Cl)c1Cl.O=Cc1ccc(OS(=O)(=O)C(F)(F)F)c(Cl)c1Cl. The Bertz CT molecular complexity index is 1040. The highest BCUT2D eigenvalue weighted by Crippen LogP contribution is 2.37. The van der Waals surface area contributed by atoms with Crippen LogP contribution in [-0.4, -0.2) is 31.6 Å². The minimum absolute atomic E-state index is 0.0104. The molecule has 0 aliphatic carbocycles. The maximum atomic E-state index is 12.1. The van der Waals surface area contributed by atoms with Crippen LogP contribution in [0, 0.1) is 0 Å². The third-order valence-corrected chi connectivity index (χ3v) is 5.64. The largest absolute Gasteiger partial charge is 0.534 e. The van der Waals surface area contributed by atoms with E-state index in [1.165, 1.54) is 12.1 Å². The number of benzene rings is 2. The molecule has 0 amide bonds. The molecule has 2 aromatic rings. The summed E-state index contributed by atoms with van der Waals surface area (Å²) in [6, 6.07) is 4.48. The van der Waals surface area contributed by atoms with Crippen LogP contribution in [0.4, 0.5) is 13.2 Å². The molecule has 2 rings (SSSR count). The van der Waals surface area contributed by atoms with Crippen LogP contribution in [0.2, 0.25) is 20.1 Å².